The van der Waals surface area contributed by atoms with Crippen LogP contribution < -0.4 is 5.73 Å². The first kappa shape index (κ1) is 16.8. The molecule has 2 N–H and O–H groups in total. The second-order valence-corrected chi connectivity index (χ2v) is 7.14. The number of hydrogen-bond acceptors (Lipinski definition) is 2. The van der Waals surface area contributed by atoms with Crippen molar-refractivity contribution in [2.75, 3.05) is 13.1 Å². The minimum absolute atomic E-state index is 0.00932. The van der Waals surface area contributed by atoms with Gasteiger partial charge < -0.3 is 15.2 Å². The van der Waals surface area contributed by atoms with Crippen LogP contribution in [0.3, 0.4) is 0 Å². The number of amides is 1. The van der Waals surface area contributed by atoms with Crippen LogP contribution in [0.15, 0.2) is 36.4 Å². The fraction of sp³-hybridized carbons (Fsp3) is 0.450. The maximum absolute atomic E-state index is 13.0. The Kier molecular flexibility index (Phi) is 4.50. The van der Waals surface area contributed by atoms with Crippen molar-refractivity contribution in [2.45, 2.75) is 45.7 Å². The molecule has 1 fully saturated rings. The standard InChI is InChI=1S/C20H27N3O/c1-13(2)23-14(3)10-17(15(23)4)20(24)22-11-18(19(21)12-22)16-8-6-5-7-9-16/h5-10,13,18-19H,11-12,21H2,1-4H3/t18-,19+/m0/s1. The topological polar surface area (TPSA) is 51.3 Å². The van der Waals surface area contributed by atoms with Crippen LogP contribution in [0.2, 0.25) is 0 Å². The average Bonchev–Trinajstić information content (AvgIpc) is 3.07. The summed E-state index contributed by atoms with van der Waals surface area (Å²) in [4.78, 5) is 14.9. The van der Waals surface area contributed by atoms with Crippen LogP contribution in [0, 0.1) is 13.8 Å². The number of aryl methyl sites for hydroxylation is 1. The molecule has 0 bridgehead atoms. The Balaban J connectivity index is 1.84. The number of rotatable bonds is 3. The Morgan fingerprint density at radius 1 is 1.17 bits per heavy atom. The quantitative estimate of drug-likeness (QED) is 0.942. The highest BCUT2D eigenvalue weighted by Crippen LogP contribution is 2.29. The minimum atomic E-state index is -0.00932. The molecule has 0 saturated carbocycles. The molecule has 3 rings (SSSR count). The molecular weight excluding hydrogens is 298 g/mol. The number of likely N-dealkylation sites (tertiary alicyclic amines) is 1. The summed E-state index contributed by atoms with van der Waals surface area (Å²) < 4.78 is 2.22. The Hall–Kier alpha value is -2.07. The molecule has 1 amide bonds. The van der Waals surface area contributed by atoms with Crippen LogP contribution in [0.1, 0.15) is 53.1 Å². The van der Waals surface area contributed by atoms with Crippen molar-refractivity contribution >= 4 is 5.91 Å². The van der Waals surface area contributed by atoms with Crippen molar-refractivity contribution in [3.63, 3.8) is 0 Å². The zero-order valence-corrected chi connectivity index (χ0v) is 15.0. The summed E-state index contributed by atoms with van der Waals surface area (Å²) in [5, 5.41) is 0. The molecule has 1 aromatic carbocycles. The number of aromatic nitrogens is 1. The Morgan fingerprint density at radius 2 is 1.83 bits per heavy atom. The van der Waals surface area contributed by atoms with Gasteiger partial charge in [-0.15, -0.1) is 0 Å². The van der Waals surface area contributed by atoms with Gasteiger partial charge in [0, 0.05) is 42.5 Å². The second kappa shape index (κ2) is 6.44. The summed E-state index contributed by atoms with van der Waals surface area (Å²) in [6.45, 7) is 9.69. The highest BCUT2D eigenvalue weighted by Gasteiger charge is 2.35. The molecule has 2 heterocycles. The molecule has 1 aromatic heterocycles. The lowest BCUT2D eigenvalue weighted by molar-refractivity contribution is 0.0788. The SMILES string of the molecule is Cc1cc(C(=O)N2C[C@@H](N)[C@H](c3ccccc3)C2)c(C)n1C(C)C. The first-order valence-electron chi connectivity index (χ1n) is 8.68. The van der Waals surface area contributed by atoms with E-state index in [1.54, 1.807) is 0 Å². The molecule has 1 aliphatic rings. The Morgan fingerprint density at radius 3 is 2.42 bits per heavy atom. The monoisotopic (exact) mass is 325 g/mol. The van der Waals surface area contributed by atoms with Gasteiger partial charge in [-0.3, -0.25) is 4.79 Å². The van der Waals surface area contributed by atoms with Crippen LogP contribution in [-0.4, -0.2) is 34.5 Å². The largest absolute Gasteiger partial charge is 0.346 e. The summed E-state index contributed by atoms with van der Waals surface area (Å²) in [7, 11) is 0. The van der Waals surface area contributed by atoms with Gasteiger partial charge in [-0.05, 0) is 39.3 Å². The van der Waals surface area contributed by atoms with Crippen LogP contribution in [0.25, 0.3) is 0 Å². The van der Waals surface area contributed by atoms with E-state index in [0.717, 1.165) is 17.0 Å². The summed E-state index contributed by atoms with van der Waals surface area (Å²) in [5.41, 5.74) is 10.5. The molecular formula is C20H27N3O. The van der Waals surface area contributed by atoms with Crippen LogP contribution in [0.4, 0.5) is 0 Å². The van der Waals surface area contributed by atoms with Gasteiger partial charge in [-0.25, -0.2) is 0 Å². The van der Waals surface area contributed by atoms with Gasteiger partial charge >= 0.3 is 0 Å². The van der Waals surface area contributed by atoms with Gasteiger partial charge in [0.2, 0.25) is 0 Å². The molecule has 1 saturated heterocycles. The zero-order valence-electron chi connectivity index (χ0n) is 15.0. The Bertz CT molecular complexity index is 733. The molecule has 2 aromatic rings. The third-order valence-corrected chi connectivity index (χ3v) is 5.11. The molecule has 24 heavy (non-hydrogen) atoms. The van der Waals surface area contributed by atoms with Gasteiger partial charge in [-0.1, -0.05) is 30.3 Å². The number of hydrogen-bond donors (Lipinski definition) is 1. The lowest BCUT2D eigenvalue weighted by Crippen LogP contribution is -2.32. The normalized spacial score (nSPS) is 20.8. The molecule has 1 aliphatic heterocycles. The van der Waals surface area contributed by atoms with Gasteiger partial charge in [0.05, 0.1) is 5.56 Å². The molecule has 0 spiro atoms. The maximum Gasteiger partial charge on any atom is 0.255 e. The van der Waals surface area contributed by atoms with E-state index in [1.807, 2.05) is 36.1 Å². The highest BCUT2D eigenvalue weighted by molar-refractivity contribution is 5.96. The van der Waals surface area contributed by atoms with Crippen LogP contribution in [-0.2, 0) is 0 Å². The Labute approximate surface area is 144 Å². The van der Waals surface area contributed by atoms with Crippen molar-refractivity contribution in [1.29, 1.82) is 0 Å². The number of carbonyl (C=O) groups is 1. The van der Waals surface area contributed by atoms with Crippen molar-refractivity contribution in [3.8, 4) is 0 Å². The van der Waals surface area contributed by atoms with E-state index >= 15 is 0 Å². The fourth-order valence-electron chi connectivity index (χ4n) is 4.01. The lowest BCUT2D eigenvalue weighted by atomic mass is 9.95. The van der Waals surface area contributed by atoms with E-state index in [4.69, 9.17) is 5.73 Å². The lowest BCUT2D eigenvalue weighted by Gasteiger charge is -2.18. The summed E-state index contributed by atoms with van der Waals surface area (Å²) >= 11 is 0. The molecule has 2 atom stereocenters. The van der Waals surface area contributed by atoms with Gasteiger partial charge in [-0.2, -0.15) is 0 Å². The van der Waals surface area contributed by atoms with E-state index in [0.29, 0.717) is 19.1 Å². The van der Waals surface area contributed by atoms with Gasteiger partial charge in [0.15, 0.2) is 0 Å². The molecule has 0 unspecified atom stereocenters. The number of carbonyl (C=O) groups excluding carboxylic acids is 1. The number of benzene rings is 1. The molecule has 4 nitrogen and oxygen atoms in total. The van der Waals surface area contributed by atoms with E-state index in [2.05, 4.69) is 37.5 Å². The molecule has 0 radical (unpaired) electrons. The predicted octanol–water partition coefficient (Wildman–Crippen LogP) is 3.25. The summed E-state index contributed by atoms with van der Waals surface area (Å²) in [6, 6.07) is 12.6. The van der Waals surface area contributed by atoms with Gasteiger partial charge in [0.1, 0.15) is 0 Å². The van der Waals surface area contributed by atoms with E-state index in [9.17, 15) is 4.79 Å². The van der Waals surface area contributed by atoms with E-state index < -0.39 is 0 Å². The first-order valence-corrected chi connectivity index (χ1v) is 8.68. The molecule has 0 aliphatic carbocycles. The maximum atomic E-state index is 13.0. The second-order valence-electron chi connectivity index (χ2n) is 7.14. The third kappa shape index (κ3) is 2.86. The van der Waals surface area contributed by atoms with Gasteiger partial charge in [0.25, 0.3) is 5.91 Å². The zero-order chi connectivity index (χ0) is 17.4. The number of nitrogens with two attached hydrogens (primary N) is 1. The smallest absolute Gasteiger partial charge is 0.255 e. The average molecular weight is 325 g/mol. The van der Waals surface area contributed by atoms with Crippen molar-refractivity contribution in [1.82, 2.24) is 9.47 Å². The van der Waals surface area contributed by atoms with Crippen molar-refractivity contribution in [3.05, 3.63) is 58.9 Å². The molecule has 4 heteroatoms. The van der Waals surface area contributed by atoms with Crippen LogP contribution >= 0.6 is 0 Å². The predicted molar refractivity (Wildman–Crippen MR) is 97.4 cm³/mol. The number of nitrogens with zero attached hydrogens (tertiary/aromatic N) is 2. The molecule has 128 valence electrons. The highest BCUT2D eigenvalue weighted by atomic mass is 16.2. The summed E-state index contributed by atoms with van der Waals surface area (Å²) in [5.74, 6) is 0.313. The first-order chi connectivity index (χ1) is 11.4. The minimum Gasteiger partial charge on any atom is -0.346 e. The summed E-state index contributed by atoms with van der Waals surface area (Å²) in [6.07, 6.45) is 0. The van der Waals surface area contributed by atoms with Crippen molar-refractivity contribution in [2.24, 2.45) is 5.73 Å². The third-order valence-electron chi connectivity index (χ3n) is 5.11. The fourth-order valence-corrected chi connectivity index (χ4v) is 4.01. The van der Waals surface area contributed by atoms with Crippen LogP contribution in [0.5, 0.6) is 0 Å². The van der Waals surface area contributed by atoms with E-state index in [-0.39, 0.29) is 17.9 Å². The van der Waals surface area contributed by atoms with E-state index in [1.165, 1.54) is 5.56 Å². The van der Waals surface area contributed by atoms with Crippen molar-refractivity contribution < 1.29 is 4.79 Å².